The van der Waals surface area contributed by atoms with Crippen LogP contribution in [0, 0.1) is 0 Å². The van der Waals surface area contributed by atoms with Crippen LogP contribution in [0.25, 0.3) is 11.3 Å². The lowest BCUT2D eigenvalue weighted by molar-refractivity contribution is 0.104. The van der Waals surface area contributed by atoms with E-state index in [1.807, 2.05) is 60.7 Å². The number of halogens is 1. The molecule has 0 aliphatic rings. The van der Waals surface area contributed by atoms with Gasteiger partial charge in [-0.15, -0.1) is 0 Å². The average molecular weight is 344 g/mol. The van der Waals surface area contributed by atoms with Gasteiger partial charge in [0.2, 0.25) is 5.78 Å². The molecular weight excluding hydrogens is 334 g/mol. The fraction of sp³-hybridized carbons (Fsp3) is 0. The van der Waals surface area contributed by atoms with Gasteiger partial charge in [0.05, 0.1) is 10.2 Å². The zero-order valence-electron chi connectivity index (χ0n) is 10.4. The minimum atomic E-state index is -0.00263. The zero-order valence-corrected chi connectivity index (χ0v) is 12.8. The molecule has 0 bridgehead atoms. The van der Waals surface area contributed by atoms with Crippen LogP contribution >= 0.6 is 27.5 Å². The van der Waals surface area contributed by atoms with Crippen LogP contribution < -0.4 is 0 Å². The number of carbonyl (C=O) groups excluding carboxylic acids is 1. The highest BCUT2D eigenvalue weighted by atomic mass is 79.9. The topological polar surface area (TPSA) is 30.0 Å². The van der Waals surface area contributed by atoms with E-state index in [-0.39, 0.29) is 5.78 Å². The summed E-state index contributed by atoms with van der Waals surface area (Å²) in [5.74, 6) is -0.00263. The van der Waals surface area contributed by atoms with Crippen LogP contribution in [0.3, 0.4) is 0 Å². The van der Waals surface area contributed by atoms with E-state index in [0.717, 1.165) is 15.7 Å². The normalized spacial score (nSPS) is 10.4. The lowest BCUT2D eigenvalue weighted by Crippen LogP contribution is -1.98. The molecule has 0 aliphatic carbocycles. The number of nitrogens with zero attached hydrogens (tertiary/aromatic N) is 1. The van der Waals surface area contributed by atoms with Gasteiger partial charge in [0, 0.05) is 11.1 Å². The molecule has 0 saturated carbocycles. The molecule has 3 rings (SSSR count). The van der Waals surface area contributed by atoms with Crippen molar-refractivity contribution >= 4 is 33.2 Å². The number of hydrogen-bond acceptors (Lipinski definition) is 3. The molecule has 0 unspecified atom stereocenters. The molecule has 0 atom stereocenters. The minimum absolute atomic E-state index is 0.00263. The maximum Gasteiger partial charge on any atom is 0.205 e. The number of benzene rings is 2. The first kappa shape index (κ1) is 13.2. The van der Waals surface area contributed by atoms with Gasteiger partial charge in [-0.3, -0.25) is 4.79 Å². The third-order valence-corrected chi connectivity index (χ3v) is 4.81. The van der Waals surface area contributed by atoms with E-state index in [9.17, 15) is 4.79 Å². The van der Waals surface area contributed by atoms with Crippen LogP contribution in [0.4, 0.5) is 0 Å². The summed E-state index contributed by atoms with van der Waals surface area (Å²) in [7, 11) is 0. The van der Waals surface area contributed by atoms with Crippen molar-refractivity contribution < 1.29 is 4.79 Å². The third-order valence-electron chi connectivity index (χ3n) is 2.92. The average Bonchev–Trinajstić information content (AvgIpc) is 2.90. The van der Waals surface area contributed by atoms with Gasteiger partial charge in [0.15, 0.2) is 0 Å². The van der Waals surface area contributed by atoms with Crippen LogP contribution in [-0.2, 0) is 0 Å². The summed E-state index contributed by atoms with van der Waals surface area (Å²) < 4.78 is 5.17. The summed E-state index contributed by atoms with van der Waals surface area (Å²) in [6.45, 7) is 0. The maximum atomic E-state index is 12.5. The van der Waals surface area contributed by atoms with Gasteiger partial charge in [0.1, 0.15) is 4.88 Å². The van der Waals surface area contributed by atoms with E-state index in [1.165, 1.54) is 11.5 Å². The predicted octanol–water partition coefficient (Wildman–Crippen LogP) is 4.80. The van der Waals surface area contributed by atoms with Gasteiger partial charge in [-0.2, -0.15) is 4.37 Å². The third kappa shape index (κ3) is 2.44. The van der Waals surface area contributed by atoms with E-state index >= 15 is 0 Å². The highest BCUT2D eigenvalue weighted by molar-refractivity contribution is 9.10. The van der Waals surface area contributed by atoms with Crippen molar-refractivity contribution in [3.8, 4) is 11.3 Å². The van der Waals surface area contributed by atoms with Crippen molar-refractivity contribution in [2.75, 3.05) is 0 Å². The molecule has 20 heavy (non-hydrogen) atoms. The fourth-order valence-electron chi connectivity index (χ4n) is 1.92. The monoisotopic (exact) mass is 343 g/mol. The van der Waals surface area contributed by atoms with Crippen molar-refractivity contribution in [2.24, 2.45) is 0 Å². The molecule has 1 aromatic heterocycles. The fourth-order valence-corrected chi connectivity index (χ4v) is 3.51. The number of ketones is 1. The molecular formula is C16H10BrNOS. The van der Waals surface area contributed by atoms with Crippen molar-refractivity contribution in [3.63, 3.8) is 0 Å². The number of aromatic nitrogens is 1. The Bertz CT molecular complexity index is 738. The second-order valence-electron chi connectivity index (χ2n) is 4.24. The Labute approximate surface area is 129 Å². The molecule has 0 N–H and O–H groups in total. The van der Waals surface area contributed by atoms with Crippen LogP contribution in [0.2, 0.25) is 0 Å². The summed E-state index contributed by atoms with van der Waals surface area (Å²) in [5, 5.41) is 0. The number of rotatable bonds is 3. The molecule has 0 spiro atoms. The van der Waals surface area contributed by atoms with Gasteiger partial charge >= 0.3 is 0 Å². The Hall–Kier alpha value is -1.78. The molecule has 98 valence electrons. The van der Waals surface area contributed by atoms with Crippen LogP contribution in [0.5, 0.6) is 0 Å². The van der Waals surface area contributed by atoms with Gasteiger partial charge < -0.3 is 0 Å². The van der Waals surface area contributed by atoms with Crippen molar-refractivity contribution in [1.82, 2.24) is 4.37 Å². The highest BCUT2D eigenvalue weighted by Gasteiger charge is 2.19. The standard InChI is InChI=1S/C16H10BrNOS/c17-13-14(11-7-3-1-4-8-11)18-20-16(13)15(19)12-9-5-2-6-10-12/h1-10H. The van der Waals surface area contributed by atoms with Gasteiger partial charge in [-0.25, -0.2) is 0 Å². The lowest BCUT2D eigenvalue weighted by Gasteiger charge is -1.99. The van der Waals surface area contributed by atoms with Gasteiger partial charge in [0.25, 0.3) is 0 Å². The quantitative estimate of drug-likeness (QED) is 0.639. The largest absolute Gasteiger partial charge is 0.288 e. The second kappa shape index (κ2) is 5.69. The molecule has 0 radical (unpaired) electrons. The SMILES string of the molecule is O=C(c1ccccc1)c1snc(-c2ccccc2)c1Br. The Morgan fingerprint density at radius 2 is 1.55 bits per heavy atom. The van der Waals surface area contributed by atoms with E-state index in [4.69, 9.17) is 0 Å². The van der Waals surface area contributed by atoms with E-state index < -0.39 is 0 Å². The molecule has 2 aromatic carbocycles. The molecule has 0 aliphatic heterocycles. The number of carbonyl (C=O) groups is 1. The summed E-state index contributed by atoms with van der Waals surface area (Å²) in [6, 6.07) is 19.1. The Kier molecular flexibility index (Phi) is 3.76. The summed E-state index contributed by atoms with van der Waals surface area (Å²) in [4.78, 5) is 13.1. The Morgan fingerprint density at radius 3 is 2.20 bits per heavy atom. The van der Waals surface area contributed by atoms with E-state index in [0.29, 0.717) is 10.4 Å². The summed E-state index contributed by atoms with van der Waals surface area (Å²) in [5.41, 5.74) is 2.49. The number of hydrogen-bond donors (Lipinski definition) is 0. The van der Waals surface area contributed by atoms with E-state index in [2.05, 4.69) is 20.3 Å². The molecule has 2 nitrogen and oxygen atoms in total. The van der Waals surface area contributed by atoms with Gasteiger partial charge in [-0.1, -0.05) is 60.7 Å². The van der Waals surface area contributed by atoms with Crippen molar-refractivity contribution in [2.45, 2.75) is 0 Å². The first-order valence-corrected chi connectivity index (χ1v) is 7.64. The second-order valence-corrected chi connectivity index (χ2v) is 5.80. The van der Waals surface area contributed by atoms with Crippen LogP contribution in [-0.4, -0.2) is 10.2 Å². The molecule has 1 heterocycles. The highest BCUT2D eigenvalue weighted by Crippen LogP contribution is 2.34. The smallest absolute Gasteiger partial charge is 0.205 e. The van der Waals surface area contributed by atoms with E-state index in [1.54, 1.807) is 0 Å². The van der Waals surface area contributed by atoms with Gasteiger partial charge in [-0.05, 0) is 27.5 Å². The molecule has 3 aromatic rings. The van der Waals surface area contributed by atoms with Crippen LogP contribution in [0.15, 0.2) is 65.1 Å². The van der Waals surface area contributed by atoms with Crippen molar-refractivity contribution in [3.05, 3.63) is 75.6 Å². The van der Waals surface area contributed by atoms with Crippen molar-refractivity contribution in [1.29, 1.82) is 0 Å². The zero-order chi connectivity index (χ0) is 13.9. The Morgan fingerprint density at radius 1 is 0.950 bits per heavy atom. The van der Waals surface area contributed by atoms with Crippen LogP contribution in [0.1, 0.15) is 15.2 Å². The summed E-state index contributed by atoms with van der Waals surface area (Å²) >= 11 is 4.74. The molecule has 4 heteroatoms. The predicted molar refractivity (Wildman–Crippen MR) is 85.1 cm³/mol. The molecule has 0 amide bonds. The molecule has 0 saturated heterocycles. The summed E-state index contributed by atoms with van der Waals surface area (Å²) in [6.07, 6.45) is 0. The first-order valence-electron chi connectivity index (χ1n) is 6.07. The molecule has 0 fully saturated rings. The first-order chi connectivity index (χ1) is 9.77. The lowest BCUT2D eigenvalue weighted by atomic mass is 10.1. The Balaban J connectivity index is 2.01. The maximum absolute atomic E-state index is 12.5. The minimum Gasteiger partial charge on any atom is -0.288 e.